The van der Waals surface area contributed by atoms with Crippen LogP contribution in [0.25, 0.3) is 21.9 Å². The third-order valence-electron chi connectivity index (χ3n) is 3.99. The molecule has 0 saturated carbocycles. The van der Waals surface area contributed by atoms with Gasteiger partial charge < -0.3 is 15.3 Å². The van der Waals surface area contributed by atoms with Gasteiger partial charge in [-0.1, -0.05) is 18.2 Å². The Kier molecular flexibility index (Phi) is 3.92. The Labute approximate surface area is 146 Å². The molecule has 2 aromatic heterocycles. The highest BCUT2D eigenvalue weighted by Crippen LogP contribution is 2.14. The molecular formula is C18H14FN5O2. The Morgan fingerprint density at radius 3 is 2.81 bits per heavy atom. The normalized spacial score (nSPS) is 11.1. The second-order valence-electron chi connectivity index (χ2n) is 5.79. The third kappa shape index (κ3) is 3.04. The summed E-state index contributed by atoms with van der Waals surface area (Å²) < 4.78 is 13.2. The Bertz CT molecular complexity index is 1180. The Morgan fingerprint density at radius 2 is 1.92 bits per heavy atom. The van der Waals surface area contributed by atoms with Gasteiger partial charge in [-0.3, -0.25) is 4.79 Å². The SMILES string of the molecule is O=C(NCCc1nc2ccc(F)cc2[nH]1)c1nc(=O)[nH]c2ccccc12. The molecule has 130 valence electrons. The maximum Gasteiger partial charge on any atom is 0.346 e. The number of imidazole rings is 1. The minimum atomic E-state index is -0.576. The summed E-state index contributed by atoms with van der Waals surface area (Å²) in [5, 5.41) is 3.31. The summed E-state index contributed by atoms with van der Waals surface area (Å²) in [6.07, 6.45) is 0.434. The van der Waals surface area contributed by atoms with Gasteiger partial charge in [-0.2, -0.15) is 4.98 Å². The fraction of sp³-hybridized carbons (Fsp3) is 0.111. The Balaban J connectivity index is 1.49. The summed E-state index contributed by atoms with van der Waals surface area (Å²) in [7, 11) is 0. The number of carbonyl (C=O) groups excluding carboxylic acids is 1. The topological polar surface area (TPSA) is 104 Å². The van der Waals surface area contributed by atoms with E-state index in [1.165, 1.54) is 12.1 Å². The number of halogens is 1. The zero-order valence-electron chi connectivity index (χ0n) is 13.5. The molecule has 0 spiro atoms. The minimum absolute atomic E-state index is 0.0797. The van der Waals surface area contributed by atoms with Crippen molar-refractivity contribution >= 4 is 27.8 Å². The number of nitrogens with one attached hydrogen (secondary N) is 3. The van der Waals surface area contributed by atoms with Crippen molar-refractivity contribution < 1.29 is 9.18 Å². The molecule has 0 fully saturated rings. The maximum absolute atomic E-state index is 13.2. The van der Waals surface area contributed by atoms with E-state index in [1.807, 2.05) is 0 Å². The van der Waals surface area contributed by atoms with Crippen LogP contribution in [0.1, 0.15) is 16.3 Å². The van der Waals surface area contributed by atoms with Gasteiger partial charge in [0.1, 0.15) is 17.3 Å². The quantitative estimate of drug-likeness (QED) is 0.522. The van der Waals surface area contributed by atoms with Gasteiger partial charge >= 0.3 is 5.69 Å². The molecule has 1 amide bonds. The van der Waals surface area contributed by atoms with Gasteiger partial charge in [0, 0.05) is 18.4 Å². The highest BCUT2D eigenvalue weighted by molar-refractivity contribution is 6.04. The molecule has 7 nitrogen and oxygen atoms in total. The lowest BCUT2D eigenvalue weighted by Gasteiger charge is -2.06. The number of fused-ring (bicyclic) bond motifs is 2. The number of aromatic nitrogens is 4. The number of rotatable bonds is 4. The van der Waals surface area contributed by atoms with Crippen molar-refractivity contribution in [2.24, 2.45) is 0 Å². The van der Waals surface area contributed by atoms with Crippen molar-refractivity contribution in [3.63, 3.8) is 0 Å². The number of aromatic amines is 2. The van der Waals surface area contributed by atoms with Crippen LogP contribution in [0.3, 0.4) is 0 Å². The molecule has 4 rings (SSSR count). The van der Waals surface area contributed by atoms with Gasteiger partial charge in [-0.15, -0.1) is 0 Å². The number of carbonyl (C=O) groups is 1. The first-order valence-corrected chi connectivity index (χ1v) is 8.01. The predicted molar refractivity (Wildman–Crippen MR) is 94.5 cm³/mol. The number of para-hydroxylation sites is 1. The Morgan fingerprint density at radius 1 is 1.08 bits per heavy atom. The predicted octanol–water partition coefficient (Wildman–Crippen LogP) is 1.91. The zero-order chi connectivity index (χ0) is 18.1. The maximum atomic E-state index is 13.2. The monoisotopic (exact) mass is 351 g/mol. The van der Waals surface area contributed by atoms with Crippen molar-refractivity contribution in [2.45, 2.75) is 6.42 Å². The number of hydrogen-bond acceptors (Lipinski definition) is 4. The summed E-state index contributed by atoms with van der Waals surface area (Å²) in [6.45, 7) is 0.296. The van der Waals surface area contributed by atoms with Crippen LogP contribution in [0.5, 0.6) is 0 Å². The summed E-state index contributed by atoms with van der Waals surface area (Å²) in [5.74, 6) is -0.141. The van der Waals surface area contributed by atoms with Gasteiger partial charge in [0.25, 0.3) is 5.91 Å². The van der Waals surface area contributed by atoms with Crippen LogP contribution in [-0.2, 0) is 6.42 Å². The molecule has 8 heteroatoms. The van der Waals surface area contributed by atoms with Crippen molar-refractivity contribution in [1.29, 1.82) is 0 Å². The first-order valence-electron chi connectivity index (χ1n) is 8.01. The second-order valence-corrected chi connectivity index (χ2v) is 5.79. The number of hydrogen-bond donors (Lipinski definition) is 3. The van der Waals surface area contributed by atoms with E-state index >= 15 is 0 Å². The van der Waals surface area contributed by atoms with Crippen LogP contribution in [0.15, 0.2) is 47.3 Å². The van der Waals surface area contributed by atoms with E-state index < -0.39 is 11.6 Å². The van der Waals surface area contributed by atoms with Crippen LogP contribution in [0, 0.1) is 5.82 Å². The molecule has 26 heavy (non-hydrogen) atoms. The average Bonchev–Trinajstić information content (AvgIpc) is 3.02. The number of H-pyrrole nitrogens is 2. The van der Waals surface area contributed by atoms with E-state index in [4.69, 9.17) is 0 Å². The summed E-state index contributed by atoms with van der Waals surface area (Å²) in [4.78, 5) is 37.8. The van der Waals surface area contributed by atoms with Crippen LogP contribution >= 0.6 is 0 Å². The van der Waals surface area contributed by atoms with Crippen LogP contribution < -0.4 is 11.0 Å². The van der Waals surface area contributed by atoms with Gasteiger partial charge in [0.15, 0.2) is 0 Å². The molecule has 0 saturated heterocycles. The smallest absolute Gasteiger partial charge is 0.346 e. The van der Waals surface area contributed by atoms with E-state index in [0.717, 1.165) is 0 Å². The molecule has 3 N–H and O–H groups in total. The fourth-order valence-electron chi connectivity index (χ4n) is 2.81. The average molecular weight is 351 g/mol. The fourth-order valence-corrected chi connectivity index (χ4v) is 2.81. The van der Waals surface area contributed by atoms with E-state index in [2.05, 4.69) is 25.3 Å². The van der Waals surface area contributed by atoms with Crippen molar-refractivity contribution in [3.05, 3.63) is 70.3 Å². The van der Waals surface area contributed by atoms with Crippen LogP contribution in [-0.4, -0.2) is 32.4 Å². The summed E-state index contributed by atoms with van der Waals surface area (Å²) >= 11 is 0. The zero-order valence-corrected chi connectivity index (χ0v) is 13.5. The van der Waals surface area contributed by atoms with Crippen molar-refractivity contribution in [2.75, 3.05) is 6.54 Å². The van der Waals surface area contributed by atoms with Crippen LogP contribution in [0.4, 0.5) is 4.39 Å². The number of nitrogens with zero attached hydrogens (tertiary/aromatic N) is 2. The first-order chi connectivity index (χ1) is 12.6. The lowest BCUT2D eigenvalue weighted by Crippen LogP contribution is -2.29. The lowest BCUT2D eigenvalue weighted by atomic mass is 10.2. The Hall–Kier alpha value is -3.55. The largest absolute Gasteiger partial charge is 0.350 e. The number of benzene rings is 2. The summed E-state index contributed by atoms with van der Waals surface area (Å²) in [6, 6.07) is 11.3. The van der Waals surface area contributed by atoms with E-state index in [0.29, 0.717) is 40.7 Å². The van der Waals surface area contributed by atoms with Gasteiger partial charge in [-0.05, 0) is 24.3 Å². The van der Waals surface area contributed by atoms with E-state index in [1.54, 1.807) is 30.3 Å². The second kappa shape index (κ2) is 6.40. The molecule has 2 heterocycles. The van der Waals surface area contributed by atoms with Gasteiger partial charge in [-0.25, -0.2) is 14.2 Å². The van der Waals surface area contributed by atoms with Crippen LogP contribution in [0.2, 0.25) is 0 Å². The highest BCUT2D eigenvalue weighted by Gasteiger charge is 2.13. The van der Waals surface area contributed by atoms with E-state index in [-0.39, 0.29) is 11.5 Å². The standard InChI is InChI=1S/C18H14FN5O2/c19-10-5-6-13-14(9-10)22-15(21-13)7-8-20-17(25)16-11-3-1-2-4-12(11)23-18(26)24-16/h1-6,9H,7-8H2,(H,20,25)(H,21,22)(H,23,24,26). The highest BCUT2D eigenvalue weighted by atomic mass is 19.1. The molecule has 0 radical (unpaired) electrons. The molecule has 0 atom stereocenters. The number of amides is 1. The molecular weight excluding hydrogens is 337 g/mol. The third-order valence-corrected chi connectivity index (χ3v) is 3.99. The lowest BCUT2D eigenvalue weighted by molar-refractivity contribution is 0.0950. The molecule has 0 unspecified atom stereocenters. The van der Waals surface area contributed by atoms with Gasteiger partial charge in [0.2, 0.25) is 0 Å². The molecule has 4 aromatic rings. The molecule has 2 aromatic carbocycles. The molecule has 0 bridgehead atoms. The van der Waals surface area contributed by atoms with Crippen molar-refractivity contribution in [1.82, 2.24) is 25.3 Å². The van der Waals surface area contributed by atoms with E-state index in [9.17, 15) is 14.0 Å². The van der Waals surface area contributed by atoms with Gasteiger partial charge in [0.05, 0.1) is 16.6 Å². The van der Waals surface area contributed by atoms with Crippen molar-refractivity contribution in [3.8, 4) is 0 Å². The molecule has 0 aliphatic rings. The molecule has 0 aliphatic carbocycles. The molecule has 0 aliphatic heterocycles. The minimum Gasteiger partial charge on any atom is -0.350 e. The first kappa shape index (κ1) is 15.9. The summed E-state index contributed by atoms with van der Waals surface area (Å²) in [5.41, 5.74) is 1.32.